The smallest absolute Gasteiger partial charge is 0.252 e. The van der Waals surface area contributed by atoms with E-state index >= 15 is 0 Å². The van der Waals surface area contributed by atoms with Gasteiger partial charge in [-0.05, 0) is 31.0 Å². The number of methoxy groups -OCH3 is 1. The number of carbonyl (C=O) groups is 2. The second kappa shape index (κ2) is 7.43. The van der Waals surface area contributed by atoms with Crippen LogP contribution in [0.5, 0.6) is 0 Å². The number of rotatable bonds is 6. The second-order valence-corrected chi connectivity index (χ2v) is 5.47. The molecule has 2 N–H and O–H groups in total. The Morgan fingerprint density at radius 2 is 2.14 bits per heavy atom. The van der Waals surface area contributed by atoms with Crippen LogP contribution in [0.25, 0.3) is 0 Å². The number of amides is 2. The van der Waals surface area contributed by atoms with Crippen LogP contribution in [0.4, 0.5) is 5.69 Å². The highest BCUT2D eigenvalue weighted by atomic mass is 35.5. The van der Waals surface area contributed by atoms with Gasteiger partial charge >= 0.3 is 0 Å². The highest BCUT2D eigenvalue weighted by molar-refractivity contribution is 6.34. The van der Waals surface area contributed by atoms with Crippen LogP contribution in [0.2, 0.25) is 5.02 Å². The Labute approximate surface area is 129 Å². The van der Waals surface area contributed by atoms with Gasteiger partial charge < -0.3 is 15.4 Å². The van der Waals surface area contributed by atoms with Crippen LogP contribution >= 0.6 is 11.6 Å². The van der Waals surface area contributed by atoms with Crippen molar-refractivity contribution in [3.63, 3.8) is 0 Å². The minimum absolute atomic E-state index is 0.0228. The fourth-order valence-corrected chi connectivity index (χ4v) is 2.32. The maximum atomic E-state index is 11.9. The Balaban J connectivity index is 1.96. The maximum absolute atomic E-state index is 11.9. The summed E-state index contributed by atoms with van der Waals surface area (Å²) >= 11 is 6.10. The van der Waals surface area contributed by atoms with Crippen molar-refractivity contribution in [2.45, 2.75) is 19.3 Å². The predicted octanol–water partition coefficient (Wildman–Crippen LogP) is 2.45. The molecule has 0 spiro atoms. The number of hydrogen-bond donors (Lipinski definition) is 2. The number of carbonyl (C=O) groups excluding carboxylic acids is 2. The zero-order chi connectivity index (χ0) is 15.2. The van der Waals surface area contributed by atoms with Gasteiger partial charge in [0.15, 0.2) is 0 Å². The van der Waals surface area contributed by atoms with Gasteiger partial charge in [-0.25, -0.2) is 0 Å². The average molecular weight is 311 g/mol. The molecule has 0 aliphatic heterocycles. The molecule has 21 heavy (non-hydrogen) atoms. The molecule has 1 saturated carbocycles. The van der Waals surface area contributed by atoms with E-state index < -0.39 is 0 Å². The molecule has 0 unspecified atom stereocenters. The summed E-state index contributed by atoms with van der Waals surface area (Å²) in [4.78, 5) is 23.8. The molecule has 1 fully saturated rings. The summed E-state index contributed by atoms with van der Waals surface area (Å²) in [7, 11) is 1.57. The van der Waals surface area contributed by atoms with Crippen LogP contribution in [-0.2, 0) is 9.53 Å². The molecular weight excluding hydrogens is 292 g/mol. The summed E-state index contributed by atoms with van der Waals surface area (Å²) in [5, 5.41) is 5.85. The van der Waals surface area contributed by atoms with Crippen LogP contribution < -0.4 is 10.6 Å². The van der Waals surface area contributed by atoms with E-state index in [2.05, 4.69) is 10.6 Å². The van der Waals surface area contributed by atoms with Gasteiger partial charge in [-0.15, -0.1) is 0 Å². The van der Waals surface area contributed by atoms with Crippen LogP contribution in [0.1, 0.15) is 29.6 Å². The predicted molar refractivity (Wildman–Crippen MR) is 81.6 cm³/mol. The van der Waals surface area contributed by atoms with E-state index in [1.165, 1.54) is 0 Å². The van der Waals surface area contributed by atoms with Crippen LogP contribution in [-0.4, -0.2) is 32.1 Å². The van der Waals surface area contributed by atoms with Crippen molar-refractivity contribution in [1.29, 1.82) is 0 Å². The van der Waals surface area contributed by atoms with Crippen molar-refractivity contribution >= 4 is 29.1 Å². The highest BCUT2D eigenvalue weighted by Crippen LogP contribution is 2.28. The molecule has 1 aliphatic carbocycles. The maximum Gasteiger partial charge on any atom is 0.252 e. The summed E-state index contributed by atoms with van der Waals surface area (Å²) in [6.45, 7) is 0.866. The van der Waals surface area contributed by atoms with Gasteiger partial charge in [-0.2, -0.15) is 0 Å². The molecule has 1 aliphatic rings. The minimum atomic E-state index is -0.256. The van der Waals surface area contributed by atoms with Crippen molar-refractivity contribution in [2.24, 2.45) is 5.92 Å². The molecule has 0 bridgehead atoms. The molecular formula is C15H19ClN2O3. The number of hydrogen-bond acceptors (Lipinski definition) is 3. The summed E-state index contributed by atoms with van der Waals surface area (Å²) in [5.41, 5.74) is 1.000. The molecule has 0 saturated heterocycles. The molecule has 6 heteroatoms. The molecule has 0 atom stereocenters. The summed E-state index contributed by atoms with van der Waals surface area (Å²) in [6.07, 6.45) is 3.00. The fraction of sp³-hybridized carbons (Fsp3) is 0.467. The van der Waals surface area contributed by atoms with Gasteiger partial charge in [0.05, 0.1) is 17.2 Å². The van der Waals surface area contributed by atoms with Crippen LogP contribution in [0.3, 0.4) is 0 Å². The van der Waals surface area contributed by atoms with E-state index in [9.17, 15) is 9.59 Å². The number of halogens is 1. The zero-order valence-corrected chi connectivity index (χ0v) is 12.7. The Morgan fingerprint density at radius 1 is 1.38 bits per heavy atom. The number of anilines is 1. The molecule has 0 heterocycles. The third-order valence-corrected chi connectivity index (χ3v) is 3.86. The topological polar surface area (TPSA) is 67.4 Å². The second-order valence-electron chi connectivity index (χ2n) is 5.06. The van der Waals surface area contributed by atoms with Crippen LogP contribution in [0, 0.1) is 5.92 Å². The third kappa shape index (κ3) is 4.19. The molecule has 2 amide bonds. The average Bonchev–Trinajstić information content (AvgIpc) is 2.36. The minimum Gasteiger partial charge on any atom is -0.383 e. The quantitative estimate of drug-likeness (QED) is 0.793. The summed E-state index contributed by atoms with van der Waals surface area (Å²) in [6, 6.07) is 4.90. The van der Waals surface area contributed by atoms with Crippen molar-refractivity contribution < 1.29 is 14.3 Å². The Hall–Kier alpha value is -1.59. The first-order chi connectivity index (χ1) is 10.1. The first-order valence-electron chi connectivity index (χ1n) is 6.99. The van der Waals surface area contributed by atoms with E-state index in [0.717, 1.165) is 19.3 Å². The molecule has 1 aromatic rings. The number of ether oxygens (including phenoxy) is 1. The molecule has 0 aromatic heterocycles. The van der Waals surface area contributed by atoms with Gasteiger partial charge in [0.25, 0.3) is 5.91 Å². The lowest BCUT2D eigenvalue weighted by molar-refractivity contribution is -0.122. The van der Waals surface area contributed by atoms with Crippen LogP contribution in [0.15, 0.2) is 18.2 Å². The molecule has 2 rings (SSSR count). The zero-order valence-electron chi connectivity index (χ0n) is 11.9. The van der Waals surface area contributed by atoms with Gasteiger partial charge in [0, 0.05) is 25.3 Å². The van der Waals surface area contributed by atoms with Crippen molar-refractivity contribution in [1.82, 2.24) is 5.32 Å². The van der Waals surface area contributed by atoms with Crippen molar-refractivity contribution in [3.05, 3.63) is 28.8 Å². The lowest BCUT2D eigenvalue weighted by atomic mass is 9.85. The lowest BCUT2D eigenvalue weighted by Gasteiger charge is -2.24. The monoisotopic (exact) mass is 310 g/mol. The van der Waals surface area contributed by atoms with Crippen molar-refractivity contribution in [3.8, 4) is 0 Å². The Kier molecular flexibility index (Phi) is 5.59. The van der Waals surface area contributed by atoms with Crippen molar-refractivity contribution in [2.75, 3.05) is 25.6 Å². The largest absolute Gasteiger partial charge is 0.383 e. The summed E-state index contributed by atoms with van der Waals surface area (Å²) < 4.78 is 4.86. The van der Waals surface area contributed by atoms with Gasteiger partial charge in [0.1, 0.15) is 0 Å². The summed E-state index contributed by atoms with van der Waals surface area (Å²) in [5.74, 6) is -0.121. The first kappa shape index (κ1) is 15.8. The van der Waals surface area contributed by atoms with E-state index in [1.807, 2.05) is 0 Å². The van der Waals surface area contributed by atoms with E-state index in [1.54, 1.807) is 25.3 Å². The normalized spacial score (nSPS) is 14.4. The van der Waals surface area contributed by atoms with Gasteiger partial charge in [-0.1, -0.05) is 18.0 Å². The Morgan fingerprint density at radius 3 is 2.71 bits per heavy atom. The van der Waals surface area contributed by atoms with E-state index in [-0.39, 0.29) is 17.7 Å². The molecule has 5 nitrogen and oxygen atoms in total. The highest BCUT2D eigenvalue weighted by Gasteiger charge is 2.25. The third-order valence-electron chi connectivity index (χ3n) is 3.55. The standard InChI is InChI=1S/C15H19ClN2O3/c1-21-8-7-17-15(20)12-6-5-11(9-13(12)16)18-14(19)10-3-2-4-10/h5-6,9-10H,2-4,7-8H2,1H3,(H,17,20)(H,18,19). The molecule has 1 aromatic carbocycles. The fourth-order valence-electron chi connectivity index (χ4n) is 2.05. The van der Waals surface area contributed by atoms with Gasteiger partial charge in [0.2, 0.25) is 5.91 Å². The number of nitrogens with one attached hydrogen (secondary N) is 2. The SMILES string of the molecule is COCCNC(=O)c1ccc(NC(=O)C2CCC2)cc1Cl. The number of benzene rings is 1. The van der Waals surface area contributed by atoms with E-state index in [4.69, 9.17) is 16.3 Å². The molecule has 114 valence electrons. The Bertz CT molecular complexity index is 530. The lowest BCUT2D eigenvalue weighted by Crippen LogP contribution is -2.28. The van der Waals surface area contributed by atoms with E-state index in [0.29, 0.717) is 29.4 Å². The first-order valence-corrected chi connectivity index (χ1v) is 7.37. The molecule has 0 radical (unpaired) electrons. The van der Waals surface area contributed by atoms with Gasteiger partial charge in [-0.3, -0.25) is 9.59 Å².